The quantitative estimate of drug-likeness (QED) is 0.154. The number of nitrogens with zero attached hydrogens (tertiary/aromatic N) is 5. The summed E-state index contributed by atoms with van der Waals surface area (Å²) in [6, 6.07) is 6.70. The number of carbonyl (C=O) groups excluding carboxylic acids is 2. The Balaban J connectivity index is 1.24. The average molecular weight is 774 g/mol. The average Bonchev–Trinajstić information content (AvgIpc) is 3.72. The van der Waals surface area contributed by atoms with Gasteiger partial charge in [0.25, 0.3) is 18.3 Å². The lowest BCUT2D eigenvalue weighted by Crippen LogP contribution is -2.36. The summed E-state index contributed by atoms with van der Waals surface area (Å²) in [5.41, 5.74) is 4.09. The minimum atomic E-state index is -3.50. The van der Waals surface area contributed by atoms with Gasteiger partial charge in [0.2, 0.25) is 5.91 Å². The zero-order valence-corrected chi connectivity index (χ0v) is 28.9. The normalized spacial score (nSPS) is 19.4. The second kappa shape index (κ2) is 13.6. The van der Waals surface area contributed by atoms with Crippen LogP contribution in [0, 0.1) is 23.4 Å². The molecule has 3 aliphatic rings. The van der Waals surface area contributed by atoms with Crippen molar-refractivity contribution in [2.75, 3.05) is 31.2 Å². The van der Waals surface area contributed by atoms with Gasteiger partial charge in [0.15, 0.2) is 10.8 Å². The van der Waals surface area contributed by atoms with Crippen molar-refractivity contribution in [3.05, 3.63) is 93.7 Å². The van der Waals surface area contributed by atoms with Gasteiger partial charge in [-0.1, -0.05) is 17.4 Å². The SMILES string of the molecule is NC(=O)c1cc(-c2cc3sc(N4CCOCC4)nc3nc2[C@H](Cc2cc(F)cc(F)c2)NC(=O)Cn2nc(C(F)F)c3c2C(F)(F)[C@@H]2CC[C@H]32)ccc1F. The predicted octanol–water partition coefficient (Wildman–Crippen LogP) is 6.54. The molecule has 54 heavy (non-hydrogen) atoms. The maximum atomic E-state index is 15.6. The Morgan fingerprint density at radius 2 is 1.74 bits per heavy atom. The first-order chi connectivity index (χ1) is 25.8. The molecule has 2 fully saturated rings. The van der Waals surface area contributed by atoms with E-state index < -0.39 is 83.0 Å². The Morgan fingerprint density at radius 3 is 2.41 bits per heavy atom. The third-order valence-electron chi connectivity index (χ3n) is 10.2. The molecule has 4 heterocycles. The number of rotatable bonds is 10. The number of nitrogens with one attached hydrogen (secondary N) is 1. The first kappa shape index (κ1) is 35.9. The lowest BCUT2D eigenvalue weighted by molar-refractivity contribution is -0.123. The van der Waals surface area contributed by atoms with E-state index in [0.29, 0.717) is 53.3 Å². The Kier molecular flexibility index (Phi) is 9.07. The molecule has 5 aromatic rings. The van der Waals surface area contributed by atoms with Crippen molar-refractivity contribution >= 4 is 38.6 Å². The molecule has 10 nitrogen and oxygen atoms in total. The van der Waals surface area contributed by atoms with E-state index in [1.165, 1.54) is 23.5 Å². The minimum Gasteiger partial charge on any atom is -0.378 e. The third kappa shape index (κ3) is 6.33. The molecular formula is C36H30F7N7O3S. The van der Waals surface area contributed by atoms with Gasteiger partial charge in [0.1, 0.15) is 35.4 Å². The largest absolute Gasteiger partial charge is 0.378 e. The van der Waals surface area contributed by atoms with E-state index in [4.69, 9.17) is 20.4 Å². The van der Waals surface area contributed by atoms with Crippen LogP contribution in [-0.2, 0) is 28.4 Å². The van der Waals surface area contributed by atoms with E-state index in [9.17, 15) is 31.5 Å². The second-order valence-corrected chi connectivity index (χ2v) is 14.5. The monoisotopic (exact) mass is 773 g/mol. The number of carbonyl (C=O) groups is 2. The van der Waals surface area contributed by atoms with Crippen molar-refractivity contribution in [3.8, 4) is 11.1 Å². The first-order valence-corrected chi connectivity index (χ1v) is 17.9. The highest BCUT2D eigenvalue weighted by atomic mass is 32.1. The molecule has 18 heteroatoms. The number of halogens is 7. The van der Waals surface area contributed by atoms with E-state index in [0.717, 1.165) is 18.2 Å². The standard InChI is InChI=1S/C36H30F7N7O3S/c37-18-9-16(10-19(38)13-18)11-25(45-27(51)15-50-31-28(30(48-50)32(40)41)20-2-3-23(20)36(31,42)43)29-21(17-1-4-24(39)22(12-17)33(44)52)14-26-34(46-29)47-35(54-26)49-5-7-53-8-6-49/h1,4,9-10,12-14,20,23,25,32H,2-3,5-8,11,15H2,(H2,44,52)(H,45,51)/t20-,23+,25-/m0/s1. The number of fused-ring (bicyclic) bond motifs is 4. The van der Waals surface area contributed by atoms with Gasteiger partial charge >= 0.3 is 0 Å². The number of ether oxygens (including phenoxy) is 1. The number of hydrogen-bond donors (Lipinski definition) is 2. The molecule has 1 aliphatic heterocycles. The van der Waals surface area contributed by atoms with E-state index in [1.807, 2.05) is 4.90 Å². The van der Waals surface area contributed by atoms with Crippen molar-refractivity contribution in [1.82, 2.24) is 25.1 Å². The number of aromatic nitrogens is 4. The summed E-state index contributed by atoms with van der Waals surface area (Å²) in [5.74, 6) is -10.2. The highest BCUT2D eigenvalue weighted by molar-refractivity contribution is 7.22. The number of benzene rings is 2. The van der Waals surface area contributed by atoms with Crippen molar-refractivity contribution < 1.29 is 45.1 Å². The maximum Gasteiger partial charge on any atom is 0.293 e. The van der Waals surface area contributed by atoms with Crippen LogP contribution in [0.1, 0.15) is 69.8 Å². The van der Waals surface area contributed by atoms with Crippen molar-refractivity contribution in [1.29, 1.82) is 0 Å². The van der Waals surface area contributed by atoms with E-state index in [2.05, 4.69) is 10.4 Å². The zero-order chi connectivity index (χ0) is 38.1. The molecule has 0 bridgehead atoms. The number of morpholine rings is 1. The summed E-state index contributed by atoms with van der Waals surface area (Å²) < 4.78 is 110. The van der Waals surface area contributed by atoms with Crippen molar-refractivity contribution in [3.63, 3.8) is 0 Å². The Morgan fingerprint density at radius 1 is 1.00 bits per heavy atom. The van der Waals surface area contributed by atoms with Crippen LogP contribution in [0.25, 0.3) is 21.5 Å². The summed E-state index contributed by atoms with van der Waals surface area (Å²) >= 11 is 1.29. The topological polar surface area (TPSA) is 128 Å². The van der Waals surface area contributed by atoms with Crippen LogP contribution in [-0.4, -0.2) is 57.9 Å². The summed E-state index contributed by atoms with van der Waals surface area (Å²) in [4.78, 5) is 37.5. The second-order valence-electron chi connectivity index (χ2n) is 13.5. The zero-order valence-electron chi connectivity index (χ0n) is 28.1. The van der Waals surface area contributed by atoms with Gasteiger partial charge < -0.3 is 20.7 Å². The molecule has 3 N–H and O–H groups in total. The van der Waals surface area contributed by atoms with Crippen molar-refractivity contribution in [2.24, 2.45) is 11.7 Å². The molecule has 0 spiro atoms. The fraction of sp³-hybridized carbons (Fsp3) is 0.361. The molecule has 8 rings (SSSR count). The fourth-order valence-electron chi connectivity index (χ4n) is 7.63. The lowest BCUT2D eigenvalue weighted by atomic mass is 9.73. The number of hydrogen-bond acceptors (Lipinski definition) is 8. The number of anilines is 1. The van der Waals surface area contributed by atoms with Crippen LogP contribution < -0.4 is 16.0 Å². The molecule has 1 saturated heterocycles. The van der Waals surface area contributed by atoms with Crippen LogP contribution in [0.2, 0.25) is 0 Å². The smallest absolute Gasteiger partial charge is 0.293 e. The van der Waals surface area contributed by atoms with Gasteiger partial charge in [-0.3, -0.25) is 14.3 Å². The Labute approximate surface area is 306 Å². The van der Waals surface area contributed by atoms with E-state index in [1.54, 1.807) is 6.07 Å². The van der Waals surface area contributed by atoms with Gasteiger partial charge in [-0.2, -0.15) is 18.9 Å². The molecule has 282 valence electrons. The summed E-state index contributed by atoms with van der Waals surface area (Å²) in [5, 5.41) is 7.07. The van der Waals surface area contributed by atoms with Gasteiger partial charge in [-0.15, -0.1) is 0 Å². The minimum absolute atomic E-state index is 0.0590. The molecule has 3 atom stereocenters. The highest BCUT2D eigenvalue weighted by Gasteiger charge is 2.62. The van der Waals surface area contributed by atoms with E-state index in [-0.39, 0.29) is 46.4 Å². The number of nitrogens with two attached hydrogens (primary N) is 1. The summed E-state index contributed by atoms with van der Waals surface area (Å²) in [6.45, 7) is 1.14. The molecule has 2 amide bonds. The molecule has 0 radical (unpaired) electrons. The third-order valence-corrected chi connectivity index (χ3v) is 11.2. The lowest BCUT2D eigenvalue weighted by Gasteiger charge is -2.34. The molecule has 2 aliphatic carbocycles. The predicted molar refractivity (Wildman–Crippen MR) is 182 cm³/mol. The van der Waals surface area contributed by atoms with Gasteiger partial charge in [-0.25, -0.2) is 26.9 Å². The highest BCUT2D eigenvalue weighted by Crippen LogP contribution is 2.63. The molecule has 0 unspecified atom stereocenters. The number of amides is 2. The van der Waals surface area contributed by atoms with Gasteiger partial charge in [0, 0.05) is 36.2 Å². The molecule has 3 aromatic heterocycles. The van der Waals surface area contributed by atoms with Crippen LogP contribution in [0.15, 0.2) is 42.5 Å². The summed E-state index contributed by atoms with van der Waals surface area (Å²) in [6.07, 6.45) is -3.04. The number of thiazole rings is 1. The first-order valence-electron chi connectivity index (χ1n) is 17.0. The Bertz CT molecular complexity index is 2290. The van der Waals surface area contributed by atoms with Gasteiger partial charge in [-0.05, 0) is 66.6 Å². The van der Waals surface area contributed by atoms with E-state index >= 15 is 8.78 Å². The summed E-state index contributed by atoms with van der Waals surface area (Å²) in [7, 11) is 0. The maximum absolute atomic E-state index is 15.6. The van der Waals surface area contributed by atoms with Crippen molar-refractivity contribution in [2.45, 2.75) is 50.1 Å². The molecule has 1 saturated carbocycles. The van der Waals surface area contributed by atoms with Crippen LogP contribution >= 0.6 is 11.3 Å². The fourth-order valence-corrected chi connectivity index (χ4v) is 8.63. The Hall–Kier alpha value is -5.10. The van der Waals surface area contributed by atoms with Crippen LogP contribution in [0.3, 0.4) is 0 Å². The van der Waals surface area contributed by atoms with Crippen LogP contribution in [0.4, 0.5) is 35.9 Å². The number of alkyl halides is 4. The molecular weight excluding hydrogens is 743 g/mol. The number of primary amides is 1. The van der Waals surface area contributed by atoms with Crippen LogP contribution in [0.5, 0.6) is 0 Å². The number of pyridine rings is 1. The molecule has 2 aromatic carbocycles. The van der Waals surface area contributed by atoms with Gasteiger partial charge in [0.05, 0.1) is 35.2 Å².